The van der Waals surface area contributed by atoms with Crippen molar-refractivity contribution >= 4 is 10.8 Å². The van der Waals surface area contributed by atoms with Gasteiger partial charge in [0.1, 0.15) is 0 Å². The fourth-order valence-electron chi connectivity index (χ4n) is 1.60. The number of hydrogen-bond donors (Lipinski definition) is 1. The number of hydrogen-bond acceptors (Lipinski definition) is 2. The number of allylic oxidation sites excluding steroid dienone is 1. The van der Waals surface area contributed by atoms with Gasteiger partial charge in [-0.25, -0.2) is 0 Å². The molecule has 0 unspecified atom stereocenters. The molecule has 1 aliphatic heterocycles. The van der Waals surface area contributed by atoms with Crippen LogP contribution in [0.25, 0.3) is 10.8 Å². The van der Waals surface area contributed by atoms with Gasteiger partial charge in [-0.2, -0.15) is 0 Å². The largest absolute Gasteiger partial charge is 0.391 e. The lowest BCUT2D eigenvalue weighted by atomic mass is 10.2. The van der Waals surface area contributed by atoms with Crippen molar-refractivity contribution in [2.75, 3.05) is 6.54 Å². The van der Waals surface area contributed by atoms with Crippen LogP contribution in [0.2, 0.25) is 0 Å². The molecule has 0 bridgehead atoms. The van der Waals surface area contributed by atoms with Gasteiger partial charge in [0.2, 0.25) is 0 Å². The molecule has 0 amide bonds. The summed E-state index contributed by atoms with van der Waals surface area (Å²) in [6.45, 7) is 1.16. The van der Waals surface area contributed by atoms with E-state index < -0.39 is 0 Å². The average Bonchev–Trinajstić information content (AvgIpc) is 2.42. The molecule has 2 heterocycles. The van der Waals surface area contributed by atoms with E-state index >= 15 is 0 Å². The summed E-state index contributed by atoms with van der Waals surface area (Å²) in [4.78, 5) is 4.01. The maximum absolute atomic E-state index is 4.01. The molecular formula is C14H16N2. The fraction of sp³-hybridized carbons (Fsp3) is 0.214. The van der Waals surface area contributed by atoms with E-state index in [0.29, 0.717) is 0 Å². The van der Waals surface area contributed by atoms with Crippen molar-refractivity contribution in [2.45, 2.75) is 12.8 Å². The van der Waals surface area contributed by atoms with Crippen LogP contribution < -0.4 is 5.32 Å². The summed E-state index contributed by atoms with van der Waals surface area (Å²) < 4.78 is 0. The zero-order valence-electron chi connectivity index (χ0n) is 9.26. The first-order valence-electron chi connectivity index (χ1n) is 5.64. The Hall–Kier alpha value is -1.83. The Bertz CT molecular complexity index is 390. The maximum Gasteiger partial charge on any atom is 0.0346 e. The molecule has 1 aromatic heterocycles. The molecule has 0 spiro atoms. The number of fused-ring (bicyclic) bond motifs is 1. The smallest absolute Gasteiger partial charge is 0.0346 e. The highest BCUT2D eigenvalue weighted by molar-refractivity contribution is 5.80. The normalized spacial score (nSPS) is 13.8. The van der Waals surface area contributed by atoms with Crippen LogP contribution in [0.3, 0.4) is 0 Å². The standard InChI is InChI=1S/C9H7N.C5H9N/c1-2-4-9-7-10-6-5-8(9)3-1;1-2-4-6-5-3-1/h1-7H;2,4,6H,1,3,5H2. The van der Waals surface area contributed by atoms with Crippen LogP contribution in [0.1, 0.15) is 12.8 Å². The van der Waals surface area contributed by atoms with E-state index in [2.05, 4.69) is 28.5 Å². The monoisotopic (exact) mass is 212 g/mol. The highest BCUT2D eigenvalue weighted by atomic mass is 14.8. The number of pyridine rings is 1. The quantitative estimate of drug-likeness (QED) is 0.725. The minimum atomic E-state index is 1.16. The molecule has 1 aliphatic rings. The number of nitrogens with zero attached hydrogens (tertiary/aromatic N) is 1. The zero-order valence-corrected chi connectivity index (χ0v) is 9.26. The molecule has 2 heteroatoms. The molecular weight excluding hydrogens is 196 g/mol. The van der Waals surface area contributed by atoms with Crippen LogP contribution in [-0.2, 0) is 0 Å². The van der Waals surface area contributed by atoms with Crippen molar-refractivity contribution in [3.05, 3.63) is 55.0 Å². The van der Waals surface area contributed by atoms with E-state index in [1.807, 2.05) is 36.8 Å². The van der Waals surface area contributed by atoms with E-state index in [9.17, 15) is 0 Å². The molecule has 0 radical (unpaired) electrons. The Morgan fingerprint density at radius 2 is 1.94 bits per heavy atom. The Labute approximate surface area is 96.0 Å². The van der Waals surface area contributed by atoms with Gasteiger partial charge in [-0.05, 0) is 35.9 Å². The first kappa shape index (κ1) is 10.7. The Kier molecular flexibility index (Phi) is 3.94. The second-order valence-corrected chi connectivity index (χ2v) is 3.72. The molecule has 1 aromatic carbocycles. The predicted molar refractivity (Wildman–Crippen MR) is 68.1 cm³/mol. The number of rotatable bonds is 0. The molecule has 1 N–H and O–H groups in total. The van der Waals surface area contributed by atoms with E-state index in [-0.39, 0.29) is 0 Å². The summed E-state index contributed by atoms with van der Waals surface area (Å²) in [5.74, 6) is 0. The first-order valence-corrected chi connectivity index (χ1v) is 5.64. The Morgan fingerprint density at radius 3 is 2.50 bits per heavy atom. The molecule has 0 fully saturated rings. The Morgan fingerprint density at radius 1 is 1.06 bits per heavy atom. The lowest BCUT2D eigenvalue weighted by Crippen LogP contribution is -2.09. The molecule has 2 aromatic rings. The topological polar surface area (TPSA) is 24.9 Å². The van der Waals surface area contributed by atoms with Gasteiger partial charge in [0.25, 0.3) is 0 Å². The molecule has 0 saturated carbocycles. The van der Waals surface area contributed by atoms with E-state index in [0.717, 1.165) is 6.54 Å². The van der Waals surface area contributed by atoms with Crippen LogP contribution in [0.4, 0.5) is 0 Å². The lowest BCUT2D eigenvalue weighted by molar-refractivity contribution is 0.728. The molecule has 3 rings (SSSR count). The van der Waals surface area contributed by atoms with Crippen LogP contribution in [0.15, 0.2) is 55.0 Å². The third-order valence-corrected chi connectivity index (χ3v) is 2.48. The second kappa shape index (κ2) is 5.91. The summed E-state index contributed by atoms with van der Waals surface area (Å²) in [5.41, 5.74) is 0. The van der Waals surface area contributed by atoms with Crippen LogP contribution in [0.5, 0.6) is 0 Å². The van der Waals surface area contributed by atoms with Crippen LogP contribution >= 0.6 is 0 Å². The highest BCUT2D eigenvalue weighted by Crippen LogP contribution is 2.09. The molecule has 2 nitrogen and oxygen atoms in total. The van der Waals surface area contributed by atoms with E-state index in [4.69, 9.17) is 0 Å². The van der Waals surface area contributed by atoms with Gasteiger partial charge in [0.15, 0.2) is 0 Å². The van der Waals surface area contributed by atoms with Crippen molar-refractivity contribution in [3.63, 3.8) is 0 Å². The zero-order chi connectivity index (χ0) is 11.1. The molecule has 0 atom stereocenters. The third-order valence-electron chi connectivity index (χ3n) is 2.48. The van der Waals surface area contributed by atoms with E-state index in [1.165, 1.54) is 23.6 Å². The van der Waals surface area contributed by atoms with Gasteiger partial charge in [-0.3, -0.25) is 4.98 Å². The fourth-order valence-corrected chi connectivity index (χ4v) is 1.60. The summed E-state index contributed by atoms with van der Waals surface area (Å²) in [6, 6.07) is 10.2. The maximum atomic E-state index is 4.01. The molecule has 82 valence electrons. The van der Waals surface area contributed by atoms with Gasteiger partial charge >= 0.3 is 0 Å². The Balaban J connectivity index is 0.000000138. The summed E-state index contributed by atoms with van der Waals surface area (Å²) in [5, 5.41) is 5.55. The number of nitrogens with one attached hydrogen (secondary N) is 1. The van der Waals surface area contributed by atoms with Crippen LogP contribution in [0, 0.1) is 0 Å². The van der Waals surface area contributed by atoms with Crippen molar-refractivity contribution < 1.29 is 0 Å². The van der Waals surface area contributed by atoms with Gasteiger partial charge in [0.05, 0.1) is 0 Å². The van der Waals surface area contributed by atoms with Gasteiger partial charge in [0, 0.05) is 18.9 Å². The summed E-state index contributed by atoms with van der Waals surface area (Å²) in [7, 11) is 0. The second-order valence-electron chi connectivity index (χ2n) is 3.72. The van der Waals surface area contributed by atoms with Gasteiger partial charge in [-0.15, -0.1) is 0 Å². The summed E-state index contributed by atoms with van der Waals surface area (Å²) in [6.07, 6.45) is 10.4. The van der Waals surface area contributed by atoms with Gasteiger partial charge in [-0.1, -0.05) is 30.3 Å². The minimum absolute atomic E-state index is 1.16. The highest BCUT2D eigenvalue weighted by Gasteiger charge is 1.86. The van der Waals surface area contributed by atoms with Gasteiger partial charge < -0.3 is 5.32 Å². The van der Waals surface area contributed by atoms with E-state index in [1.54, 1.807) is 0 Å². The molecule has 0 aliphatic carbocycles. The minimum Gasteiger partial charge on any atom is -0.391 e. The predicted octanol–water partition coefficient (Wildman–Crippen LogP) is 3.12. The average molecular weight is 212 g/mol. The number of aromatic nitrogens is 1. The van der Waals surface area contributed by atoms with Crippen molar-refractivity contribution in [1.82, 2.24) is 10.3 Å². The molecule has 0 saturated heterocycles. The lowest BCUT2D eigenvalue weighted by Gasteiger charge is -2.02. The van der Waals surface area contributed by atoms with Crippen molar-refractivity contribution in [3.8, 4) is 0 Å². The van der Waals surface area contributed by atoms with Crippen molar-refractivity contribution in [2.24, 2.45) is 0 Å². The SMILES string of the molecule is C1=CNCCC1.c1ccc2cnccc2c1. The first-order chi connectivity index (χ1) is 7.97. The summed E-state index contributed by atoms with van der Waals surface area (Å²) >= 11 is 0. The van der Waals surface area contributed by atoms with Crippen molar-refractivity contribution in [1.29, 1.82) is 0 Å². The van der Waals surface area contributed by atoms with Crippen LogP contribution in [-0.4, -0.2) is 11.5 Å². The molecule has 16 heavy (non-hydrogen) atoms. The number of benzene rings is 1. The third kappa shape index (κ3) is 3.09.